The third-order valence-electron chi connectivity index (χ3n) is 2.85. The SMILES string of the molecule is FC(F)(F)c1ccc(CNCc2ccc(Cl)cc2)cc1. The van der Waals surface area contributed by atoms with Crippen LogP contribution in [0.25, 0.3) is 0 Å². The Hall–Kier alpha value is -1.52. The summed E-state index contributed by atoms with van der Waals surface area (Å²) in [5, 5.41) is 3.85. The summed E-state index contributed by atoms with van der Waals surface area (Å²) in [7, 11) is 0. The van der Waals surface area contributed by atoms with Crippen LogP contribution < -0.4 is 5.32 Å². The molecule has 0 heterocycles. The number of hydrogen-bond donors (Lipinski definition) is 1. The van der Waals surface area contributed by atoms with Crippen molar-refractivity contribution in [2.45, 2.75) is 19.3 Å². The van der Waals surface area contributed by atoms with Crippen molar-refractivity contribution >= 4 is 11.6 Å². The van der Waals surface area contributed by atoms with Gasteiger partial charge in [0, 0.05) is 18.1 Å². The molecule has 0 radical (unpaired) electrons. The van der Waals surface area contributed by atoms with E-state index in [-0.39, 0.29) is 0 Å². The summed E-state index contributed by atoms with van der Waals surface area (Å²) in [5.41, 5.74) is 1.26. The average Bonchev–Trinajstić information content (AvgIpc) is 2.41. The predicted octanol–water partition coefficient (Wildman–Crippen LogP) is 4.65. The van der Waals surface area contributed by atoms with Crippen LogP contribution in [0, 0.1) is 0 Å². The van der Waals surface area contributed by atoms with Crippen LogP contribution in [0.4, 0.5) is 13.2 Å². The summed E-state index contributed by atoms with van der Waals surface area (Å²) < 4.78 is 37.2. The van der Waals surface area contributed by atoms with E-state index < -0.39 is 11.7 Å². The van der Waals surface area contributed by atoms with Gasteiger partial charge in [-0.2, -0.15) is 13.2 Å². The Kier molecular flexibility index (Phi) is 4.68. The number of rotatable bonds is 4. The van der Waals surface area contributed by atoms with Crippen molar-refractivity contribution in [3.63, 3.8) is 0 Å². The number of hydrogen-bond acceptors (Lipinski definition) is 1. The van der Waals surface area contributed by atoms with Crippen molar-refractivity contribution < 1.29 is 13.2 Å². The molecule has 0 saturated heterocycles. The molecule has 0 aromatic heterocycles. The summed E-state index contributed by atoms with van der Waals surface area (Å²) in [6.07, 6.45) is -4.28. The molecule has 0 amide bonds. The van der Waals surface area contributed by atoms with Gasteiger partial charge in [-0.1, -0.05) is 35.9 Å². The van der Waals surface area contributed by atoms with Crippen molar-refractivity contribution in [1.82, 2.24) is 5.32 Å². The van der Waals surface area contributed by atoms with Crippen LogP contribution in [-0.2, 0) is 19.3 Å². The molecule has 2 aromatic rings. The Balaban J connectivity index is 1.87. The fraction of sp³-hybridized carbons (Fsp3) is 0.200. The number of alkyl halides is 3. The van der Waals surface area contributed by atoms with Gasteiger partial charge in [0.2, 0.25) is 0 Å². The lowest BCUT2D eigenvalue weighted by atomic mass is 10.1. The summed E-state index contributed by atoms with van der Waals surface area (Å²) in [5.74, 6) is 0. The molecule has 0 unspecified atom stereocenters. The third kappa shape index (κ3) is 4.25. The molecule has 0 bridgehead atoms. The molecular formula is C15H13ClF3N. The molecule has 0 fully saturated rings. The third-order valence-corrected chi connectivity index (χ3v) is 3.10. The second kappa shape index (κ2) is 6.29. The molecule has 2 rings (SSSR count). The Morgan fingerprint density at radius 1 is 0.800 bits per heavy atom. The number of halogens is 4. The molecule has 0 saturated carbocycles. The maximum Gasteiger partial charge on any atom is 0.416 e. The van der Waals surface area contributed by atoms with Crippen LogP contribution in [0.1, 0.15) is 16.7 Å². The topological polar surface area (TPSA) is 12.0 Å². The second-order valence-corrected chi connectivity index (χ2v) is 4.86. The Labute approximate surface area is 120 Å². The van der Waals surface area contributed by atoms with Gasteiger partial charge in [0.05, 0.1) is 5.56 Å². The zero-order valence-electron chi connectivity index (χ0n) is 10.5. The van der Waals surface area contributed by atoms with Crippen LogP contribution in [0.2, 0.25) is 5.02 Å². The zero-order valence-corrected chi connectivity index (χ0v) is 11.3. The molecule has 5 heteroatoms. The van der Waals surface area contributed by atoms with Gasteiger partial charge in [-0.05, 0) is 35.4 Å². The van der Waals surface area contributed by atoms with Gasteiger partial charge in [0.25, 0.3) is 0 Å². The molecule has 20 heavy (non-hydrogen) atoms. The van der Waals surface area contributed by atoms with Gasteiger partial charge in [0.15, 0.2) is 0 Å². The van der Waals surface area contributed by atoms with Crippen molar-refractivity contribution in [3.05, 3.63) is 70.2 Å². The van der Waals surface area contributed by atoms with Crippen LogP contribution >= 0.6 is 11.6 Å². The van der Waals surface area contributed by atoms with Gasteiger partial charge in [-0.15, -0.1) is 0 Å². The normalized spacial score (nSPS) is 11.6. The second-order valence-electron chi connectivity index (χ2n) is 4.42. The fourth-order valence-electron chi connectivity index (χ4n) is 1.77. The van der Waals surface area contributed by atoms with Gasteiger partial charge in [0.1, 0.15) is 0 Å². The molecule has 0 aliphatic carbocycles. The minimum Gasteiger partial charge on any atom is -0.309 e. The van der Waals surface area contributed by atoms with E-state index in [1.54, 1.807) is 12.1 Å². The highest BCUT2D eigenvalue weighted by Crippen LogP contribution is 2.29. The maximum atomic E-state index is 12.4. The minimum atomic E-state index is -4.28. The molecule has 0 spiro atoms. The van der Waals surface area contributed by atoms with Crippen LogP contribution in [-0.4, -0.2) is 0 Å². The van der Waals surface area contributed by atoms with E-state index in [2.05, 4.69) is 5.32 Å². The molecule has 106 valence electrons. The first-order valence-electron chi connectivity index (χ1n) is 6.06. The number of benzene rings is 2. The number of nitrogens with one attached hydrogen (secondary N) is 1. The largest absolute Gasteiger partial charge is 0.416 e. The van der Waals surface area contributed by atoms with Crippen LogP contribution in [0.15, 0.2) is 48.5 Å². The van der Waals surface area contributed by atoms with E-state index in [4.69, 9.17) is 11.6 Å². The lowest BCUT2D eigenvalue weighted by molar-refractivity contribution is -0.137. The van der Waals surface area contributed by atoms with Gasteiger partial charge >= 0.3 is 6.18 Å². The maximum absolute atomic E-state index is 12.4. The summed E-state index contributed by atoms with van der Waals surface area (Å²) in [4.78, 5) is 0. The van der Waals surface area contributed by atoms with Crippen molar-refractivity contribution in [2.24, 2.45) is 0 Å². The van der Waals surface area contributed by atoms with E-state index >= 15 is 0 Å². The molecule has 0 atom stereocenters. The smallest absolute Gasteiger partial charge is 0.309 e. The molecule has 1 nitrogen and oxygen atoms in total. The first-order chi connectivity index (χ1) is 9.45. The standard InChI is InChI=1S/C15H13ClF3N/c16-14-7-3-12(4-8-14)10-20-9-11-1-5-13(6-2-11)15(17,18)19/h1-8,20H,9-10H2. The van der Waals surface area contributed by atoms with Crippen LogP contribution in [0.5, 0.6) is 0 Å². The lowest BCUT2D eigenvalue weighted by Gasteiger charge is -2.08. The van der Waals surface area contributed by atoms with E-state index in [0.717, 1.165) is 23.3 Å². The highest BCUT2D eigenvalue weighted by molar-refractivity contribution is 6.30. The highest BCUT2D eigenvalue weighted by Gasteiger charge is 2.29. The Morgan fingerprint density at radius 2 is 1.25 bits per heavy atom. The van der Waals surface area contributed by atoms with Gasteiger partial charge in [-0.25, -0.2) is 0 Å². The molecule has 1 N–H and O–H groups in total. The fourth-order valence-corrected chi connectivity index (χ4v) is 1.89. The molecule has 0 aliphatic rings. The first-order valence-corrected chi connectivity index (χ1v) is 6.44. The van der Waals surface area contributed by atoms with E-state index in [9.17, 15) is 13.2 Å². The lowest BCUT2D eigenvalue weighted by Crippen LogP contribution is -2.13. The van der Waals surface area contributed by atoms with Crippen LogP contribution in [0.3, 0.4) is 0 Å². The van der Waals surface area contributed by atoms with Gasteiger partial charge in [-0.3, -0.25) is 0 Å². The van der Waals surface area contributed by atoms with E-state index in [1.807, 2.05) is 12.1 Å². The van der Waals surface area contributed by atoms with Crippen molar-refractivity contribution in [2.75, 3.05) is 0 Å². The minimum absolute atomic E-state index is 0.515. The van der Waals surface area contributed by atoms with Crippen molar-refractivity contribution in [3.8, 4) is 0 Å². The molecule has 2 aromatic carbocycles. The van der Waals surface area contributed by atoms with Gasteiger partial charge < -0.3 is 5.32 Å². The highest BCUT2D eigenvalue weighted by atomic mass is 35.5. The van der Waals surface area contributed by atoms with E-state index in [1.165, 1.54) is 12.1 Å². The molecular weight excluding hydrogens is 287 g/mol. The Morgan fingerprint density at radius 3 is 1.70 bits per heavy atom. The first kappa shape index (κ1) is 14.9. The monoisotopic (exact) mass is 299 g/mol. The average molecular weight is 300 g/mol. The molecule has 0 aliphatic heterocycles. The summed E-state index contributed by atoms with van der Waals surface area (Å²) in [6, 6.07) is 12.6. The summed E-state index contributed by atoms with van der Waals surface area (Å²) >= 11 is 5.78. The van der Waals surface area contributed by atoms with Crippen molar-refractivity contribution in [1.29, 1.82) is 0 Å². The Bertz CT molecular complexity index is 547. The quantitative estimate of drug-likeness (QED) is 0.866. The summed E-state index contributed by atoms with van der Waals surface area (Å²) in [6.45, 7) is 1.15. The predicted molar refractivity (Wildman–Crippen MR) is 73.4 cm³/mol. The van der Waals surface area contributed by atoms with E-state index in [0.29, 0.717) is 18.1 Å². The zero-order chi connectivity index (χ0) is 14.6.